The van der Waals surface area contributed by atoms with Crippen LogP contribution >= 0.6 is 12.4 Å². The fourth-order valence-corrected chi connectivity index (χ4v) is 2.25. The van der Waals surface area contributed by atoms with Gasteiger partial charge in [-0.05, 0) is 30.0 Å². The molecule has 1 aromatic heterocycles. The zero-order valence-electron chi connectivity index (χ0n) is 14.0. The van der Waals surface area contributed by atoms with Crippen molar-refractivity contribution in [2.24, 2.45) is 11.1 Å². The van der Waals surface area contributed by atoms with E-state index in [2.05, 4.69) is 10.4 Å². The van der Waals surface area contributed by atoms with Gasteiger partial charge in [-0.3, -0.25) is 4.79 Å². The highest BCUT2D eigenvalue weighted by Gasteiger charge is 2.28. The van der Waals surface area contributed by atoms with Gasteiger partial charge < -0.3 is 11.1 Å². The van der Waals surface area contributed by atoms with Gasteiger partial charge in [0.05, 0.1) is 17.8 Å². The molecule has 0 spiro atoms. The standard InChI is InChI=1S/C17H24N4O.ClH/c1-12(20-16(22)15(18)17(2,3)4)13-8-5-6-9-14(13)21-11-7-10-19-21;/h5-12,15H,18H2,1-4H3,(H,20,22);1H/t12?,15-;/m1./s1. The van der Waals surface area contributed by atoms with Crippen LogP contribution in [0, 0.1) is 5.41 Å². The lowest BCUT2D eigenvalue weighted by atomic mass is 9.86. The van der Waals surface area contributed by atoms with Crippen LogP contribution in [0.4, 0.5) is 0 Å². The third-order valence-corrected chi connectivity index (χ3v) is 3.73. The molecule has 3 N–H and O–H groups in total. The molecule has 6 heteroatoms. The quantitative estimate of drug-likeness (QED) is 0.901. The fourth-order valence-electron chi connectivity index (χ4n) is 2.25. The predicted octanol–water partition coefficient (Wildman–Crippen LogP) is 2.84. The molecule has 1 heterocycles. The van der Waals surface area contributed by atoms with Gasteiger partial charge in [-0.25, -0.2) is 4.68 Å². The molecule has 0 aliphatic heterocycles. The average Bonchev–Trinajstić information content (AvgIpc) is 2.99. The summed E-state index contributed by atoms with van der Waals surface area (Å²) in [7, 11) is 0. The fraction of sp³-hybridized carbons (Fsp3) is 0.412. The molecule has 2 rings (SSSR count). The maximum Gasteiger partial charge on any atom is 0.237 e. The van der Waals surface area contributed by atoms with Crippen LogP contribution in [0.2, 0.25) is 0 Å². The number of aromatic nitrogens is 2. The van der Waals surface area contributed by atoms with Gasteiger partial charge >= 0.3 is 0 Å². The van der Waals surface area contributed by atoms with Crippen LogP contribution in [0.15, 0.2) is 42.7 Å². The van der Waals surface area contributed by atoms with E-state index in [0.717, 1.165) is 11.3 Å². The lowest BCUT2D eigenvalue weighted by Gasteiger charge is -2.28. The molecule has 0 bridgehead atoms. The van der Waals surface area contributed by atoms with E-state index in [-0.39, 0.29) is 29.8 Å². The molecule has 0 fully saturated rings. The molecule has 0 aliphatic carbocycles. The van der Waals surface area contributed by atoms with Crippen molar-refractivity contribution in [3.63, 3.8) is 0 Å². The first kappa shape index (κ1) is 19.2. The number of nitrogens with two attached hydrogens (primary N) is 1. The first-order valence-corrected chi connectivity index (χ1v) is 7.45. The molecule has 2 aromatic rings. The Hall–Kier alpha value is -1.85. The summed E-state index contributed by atoms with van der Waals surface area (Å²) in [4.78, 5) is 12.3. The molecule has 5 nitrogen and oxygen atoms in total. The number of hydrogen-bond acceptors (Lipinski definition) is 3. The van der Waals surface area contributed by atoms with E-state index in [9.17, 15) is 4.79 Å². The second-order valence-corrected chi connectivity index (χ2v) is 6.58. The summed E-state index contributed by atoms with van der Waals surface area (Å²) >= 11 is 0. The van der Waals surface area contributed by atoms with Crippen molar-refractivity contribution in [1.82, 2.24) is 15.1 Å². The van der Waals surface area contributed by atoms with Gasteiger partial charge in [0.25, 0.3) is 0 Å². The normalized spacial score (nSPS) is 13.8. The van der Waals surface area contributed by atoms with Crippen molar-refractivity contribution in [3.8, 4) is 5.69 Å². The van der Waals surface area contributed by atoms with Gasteiger partial charge in [0, 0.05) is 12.4 Å². The third kappa shape index (κ3) is 4.56. The molecule has 126 valence electrons. The minimum absolute atomic E-state index is 0. The molecule has 0 saturated heterocycles. The average molecular weight is 337 g/mol. The molecule has 0 aliphatic rings. The van der Waals surface area contributed by atoms with Crippen LogP contribution in [-0.4, -0.2) is 21.7 Å². The molecule has 0 saturated carbocycles. The third-order valence-electron chi connectivity index (χ3n) is 3.73. The Balaban J connectivity index is 0.00000264. The van der Waals surface area contributed by atoms with E-state index < -0.39 is 6.04 Å². The first-order chi connectivity index (χ1) is 10.3. The summed E-state index contributed by atoms with van der Waals surface area (Å²) in [5, 5.41) is 7.26. The minimum atomic E-state index is -0.549. The van der Waals surface area contributed by atoms with E-state index in [1.54, 1.807) is 10.9 Å². The van der Waals surface area contributed by atoms with Gasteiger partial charge in [0.15, 0.2) is 0 Å². The van der Waals surface area contributed by atoms with Crippen LogP contribution in [-0.2, 0) is 4.79 Å². The molecule has 1 amide bonds. The molecule has 0 radical (unpaired) electrons. The first-order valence-electron chi connectivity index (χ1n) is 7.45. The Morgan fingerprint density at radius 1 is 1.26 bits per heavy atom. The van der Waals surface area contributed by atoms with Crippen LogP contribution in [0.25, 0.3) is 5.69 Å². The van der Waals surface area contributed by atoms with Gasteiger partial charge in [-0.15, -0.1) is 12.4 Å². The Morgan fingerprint density at radius 2 is 1.91 bits per heavy atom. The maximum absolute atomic E-state index is 12.3. The SMILES string of the molecule is CC(NC(=O)[C@@H](N)C(C)(C)C)c1ccccc1-n1cccn1.Cl. The summed E-state index contributed by atoms with van der Waals surface area (Å²) in [6.45, 7) is 7.83. The highest BCUT2D eigenvalue weighted by atomic mass is 35.5. The molecule has 23 heavy (non-hydrogen) atoms. The van der Waals surface area contributed by atoms with E-state index in [4.69, 9.17) is 5.73 Å². The molecular formula is C17H25ClN4O. The maximum atomic E-state index is 12.3. The van der Waals surface area contributed by atoms with Crippen molar-refractivity contribution in [2.75, 3.05) is 0 Å². The van der Waals surface area contributed by atoms with Crippen LogP contribution in [0.5, 0.6) is 0 Å². The number of amides is 1. The van der Waals surface area contributed by atoms with Crippen LogP contribution in [0.1, 0.15) is 39.3 Å². The Morgan fingerprint density at radius 3 is 2.48 bits per heavy atom. The van der Waals surface area contributed by atoms with E-state index in [1.165, 1.54) is 0 Å². The summed E-state index contributed by atoms with van der Waals surface area (Å²) in [6, 6.07) is 9.05. The topological polar surface area (TPSA) is 72.9 Å². The van der Waals surface area contributed by atoms with Crippen molar-refractivity contribution in [3.05, 3.63) is 48.3 Å². The van der Waals surface area contributed by atoms with Gasteiger partial charge in [-0.2, -0.15) is 5.10 Å². The van der Waals surface area contributed by atoms with Gasteiger partial charge in [-0.1, -0.05) is 39.0 Å². The largest absolute Gasteiger partial charge is 0.348 e. The second kappa shape index (κ2) is 7.62. The van der Waals surface area contributed by atoms with Crippen LogP contribution < -0.4 is 11.1 Å². The number of halogens is 1. The number of nitrogens with zero attached hydrogens (tertiary/aromatic N) is 2. The Bertz CT molecular complexity index is 634. The van der Waals surface area contributed by atoms with E-state index >= 15 is 0 Å². The molecule has 1 unspecified atom stereocenters. The minimum Gasteiger partial charge on any atom is -0.348 e. The number of carbonyl (C=O) groups is 1. The Labute approximate surface area is 143 Å². The Kier molecular flexibility index (Phi) is 6.36. The lowest BCUT2D eigenvalue weighted by molar-refractivity contribution is -0.125. The van der Waals surface area contributed by atoms with Gasteiger partial charge in [0.1, 0.15) is 0 Å². The molecule has 1 aromatic carbocycles. The summed E-state index contributed by atoms with van der Waals surface area (Å²) < 4.78 is 1.79. The summed E-state index contributed by atoms with van der Waals surface area (Å²) in [5.74, 6) is -0.143. The number of rotatable bonds is 4. The highest BCUT2D eigenvalue weighted by Crippen LogP contribution is 2.22. The van der Waals surface area contributed by atoms with Crippen molar-refractivity contribution in [1.29, 1.82) is 0 Å². The number of para-hydroxylation sites is 1. The predicted molar refractivity (Wildman–Crippen MR) is 94.8 cm³/mol. The monoisotopic (exact) mass is 336 g/mol. The molecular weight excluding hydrogens is 312 g/mol. The highest BCUT2D eigenvalue weighted by molar-refractivity contribution is 5.85. The zero-order valence-corrected chi connectivity index (χ0v) is 14.8. The van der Waals surface area contributed by atoms with Crippen molar-refractivity contribution in [2.45, 2.75) is 39.8 Å². The van der Waals surface area contributed by atoms with Crippen molar-refractivity contribution < 1.29 is 4.79 Å². The summed E-state index contributed by atoms with van der Waals surface area (Å²) in [5.41, 5.74) is 7.70. The lowest BCUT2D eigenvalue weighted by Crippen LogP contribution is -2.49. The van der Waals surface area contributed by atoms with E-state index in [0.29, 0.717) is 0 Å². The number of nitrogens with one attached hydrogen (secondary N) is 1. The zero-order chi connectivity index (χ0) is 16.3. The van der Waals surface area contributed by atoms with E-state index in [1.807, 2.05) is 64.2 Å². The second-order valence-electron chi connectivity index (χ2n) is 6.58. The van der Waals surface area contributed by atoms with Gasteiger partial charge in [0.2, 0.25) is 5.91 Å². The summed E-state index contributed by atoms with van der Waals surface area (Å²) in [6.07, 6.45) is 3.61. The molecule has 2 atom stereocenters. The number of carbonyl (C=O) groups excluding carboxylic acids is 1. The number of benzene rings is 1. The van der Waals surface area contributed by atoms with Crippen LogP contribution in [0.3, 0.4) is 0 Å². The number of hydrogen-bond donors (Lipinski definition) is 2. The smallest absolute Gasteiger partial charge is 0.237 e. The van der Waals surface area contributed by atoms with Crippen molar-refractivity contribution >= 4 is 18.3 Å².